The summed E-state index contributed by atoms with van der Waals surface area (Å²) in [7, 11) is -7.20. The van der Waals surface area contributed by atoms with Crippen molar-refractivity contribution in [3.63, 3.8) is 0 Å². The van der Waals surface area contributed by atoms with Crippen LogP contribution in [0.3, 0.4) is 0 Å². The highest BCUT2D eigenvalue weighted by molar-refractivity contribution is 7.89. The molecule has 0 aliphatic carbocycles. The van der Waals surface area contributed by atoms with Crippen LogP contribution in [-0.2, 0) is 29.1 Å². The van der Waals surface area contributed by atoms with Crippen molar-refractivity contribution in [2.75, 3.05) is 32.2 Å². The molecule has 0 radical (unpaired) electrons. The van der Waals surface area contributed by atoms with E-state index in [2.05, 4.69) is 5.32 Å². The molecule has 1 N–H and O–H groups in total. The average Bonchev–Trinajstić information content (AvgIpc) is 3.22. The number of fused-ring (bicyclic) bond motifs is 1. The van der Waals surface area contributed by atoms with Gasteiger partial charge in [-0.25, -0.2) is 12.4 Å². The number of benzene rings is 2. The summed E-state index contributed by atoms with van der Waals surface area (Å²) in [6.45, 7) is 0.853. The lowest BCUT2D eigenvalue weighted by molar-refractivity contribution is -0.135. The van der Waals surface area contributed by atoms with E-state index in [0.717, 1.165) is 16.5 Å². The molecule has 0 bridgehead atoms. The van der Waals surface area contributed by atoms with Crippen molar-refractivity contribution in [3.05, 3.63) is 70.9 Å². The lowest BCUT2D eigenvalue weighted by Crippen LogP contribution is -2.46. The van der Waals surface area contributed by atoms with Gasteiger partial charge in [-0.05, 0) is 36.5 Å². The predicted molar refractivity (Wildman–Crippen MR) is 144 cm³/mol. The molecule has 0 spiro atoms. The van der Waals surface area contributed by atoms with Gasteiger partial charge in [0.1, 0.15) is 6.04 Å². The first-order chi connectivity index (χ1) is 17.8. The molecule has 2 amide bonds. The Morgan fingerprint density at radius 2 is 1.71 bits per heavy atom. The standard InChI is InChI=1S/C25H28ClN3O7S2/c1-37(32,33)29-15-21(26)20-9-8-19(14-22(20)29)24(30)27-23(18-6-4-3-5-7-18)25(31)28-12-10-17(11-13-28)16-36-38(2,34)35/h3-9,14-15,17,23H,10-13,16H2,1-2H3,(H,27,30)/t23-/m1/s1. The Kier molecular flexibility index (Phi) is 8.17. The van der Waals surface area contributed by atoms with Crippen molar-refractivity contribution in [2.24, 2.45) is 5.92 Å². The fourth-order valence-electron chi connectivity index (χ4n) is 4.44. The largest absolute Gasteiger partial charge is 0.341 e. The number of halogens is 1. The van der Waals surface area contributed by atoms with Gasteiger partial charge in [0.05, 0.1) is 29.7 Å². The van der Waals surface area contributed by atoms with E-state index in [0.29, 0.717) is 36.9 Å². The van der Waals surface area contributed by atoms with Gasteiger partial charge in [-0.1, -0.05) is 48.0 Å². The first kappa shape index (κ1) is 28.1. The zero-order chi connectivity index (χ0) is 27.7. The first-order valence-electron chi connectivity index (χ1n) is 11.8. The van der Waals surface area contributed by atoms with E-state index in [1.165, 1.54) is 18.3 Å². The topological polar surface area (TPSA) is 132 Å². The van der Waals surface area contributed by atoms with Crippen molar-refractivity contribution in [1.29, 1.82) is 0 Å². The SMILES string of the molecule is CS(=O)(=O)OCC1CCN(C(=O)[C@H](NC(=O)c2ccc3c(Cl)cn(S(C)(=O)=O)c3c2)c2ccccc2)CC1. The van der Waals surface area contributed by atoms with Gasteiger partial charge < -0.3 is 10.2 Å². The van der Waals surface area contributed by atoms with Crippen LogP contribution in [0.5, 0.6) is 0 Å². The number of likely N-dealkylation sites (tertiary alicyclic amines) is 1. The fourth-order valence-corrected chi connectivity index (χ4v) is 6.00. The Hall–Kier alpha value is -2.93. The number of amides is 2. The number of piperidine rings is 1. The van der Waals surface area contributed by atoms with Crippen LogP contribution in [0.1, 0.15) is 34.8 Å². The smallest absolute Gasteiger partial charge is 0.264 e. The minimum atomic E-state index is -3.66. The van der Waals surface area contributed by atoms with Gasteiger partial charge in [0.2, 0.25) is 15.9 Å². The van der Waals surface area contributed by atoms with Gasteiger partial charge in [0.15, 0.2) is 0 Å². The van der Waals surface area contributed by atoms with E-state index < -0.39 is 32.1 Å². The van der Waals surface area contributed by atoms with Gasteiger partial charge in [-0.3, -0.25) is 13.8 Å². The Balaban J connectivity index is 1.55. The normalized spacial score (nSPS) is 15.9. The van der Waals surface area contributed by atoms with Gasteiger partial charge in [0.25, 0.3) is 16.0 Å². The Labute approximate surface area is 226 Å². The monoisotopic (exact) mass is 581 g/mol. The number of nitrogens with one attached hydrogen (secondary N) is 1. The minimum Gasteiger partial charge on any atom is -0.341 e. The van der Waals surface area contributed by atoms with Crippen molar-refractivity contribution in [3.8, 4) is 0 Å². The number of nitrogens with zero attached hydrogens (tertiary/aromatic N) is 2. The van der Waals surface area contributed by atoms with Crippen LogP contribution in [0.2, 0.25) is 5.02 Å². The molecule has 2 aromatic carbocycles. The summed E-state index contributed by atoms with van der Waals surface area (Å²) in [6.07, 6.45) is 4.46. The number of carbonyl (C=O) groups excluding carboxylic acids is 2. The number of rotatable bonds is 8. The van der Waals surface area contributed by atoms with E-state index in [1.807, 2.05) is 0 Å². The Morgan fingerprint density at radius 1 is 1.05 bits per heavy atom. The van der Waals surface area contributed by atoms with Crippen molar-refractivity contribution >= 4 is 54.5 Å². The third-order valence-electron chi connectivity index (χ3n) is 6.44. The molecule has 1 aliphatic rings. The van der Waals surface area contributed by atoms with Gasteiger partial charge >= 0.3 is 0 Å². The second kappa shape index (κ2) is 11.0. The van der Waals surface area contributed by atoms with Crippen molar-refractivity contribution < 1.29 is 30.6 Å². The summed E-state index contributed by atoms with van der Waals surface area (Å²) in [4.78, 5) is 28.5. The second-order valence-electron chi connectivity index (χ2n) is 9.34. The van der Waals surface area contributed by atoms with Crippen molar-refractivity contribution in [2.45, 2.75) is 18.9 Å². The summed E-state index contributed by atoms with van der Waals surface area (Å²) in [6, 6.07) is 12.4. The van der Waals surface area contributed by atoms with E-state index >= 15 is 0 Å². The fraction of sp³-hybridized carbons (Fsp3) is 0.360. The number of hydrogen-bond donors (Lipinski definition) is 1. The van der Waals surface area contributed by atoms with Crippen LogP contribution < -0.4 is 5.32 Å². The van der Waals surface area contributed by atoms with Crippen molar-refractivity contribution in [1.82, 2.24) is 14.2 Å². The first-order valence-corrected chi connectivity index (χ1v) is 15.9. The lowest BCUT2D eigenvalue weighted by Gasteiger charge is -2.34. The van der Waals surface area contributed by atoms with Crippen LogP contribution in [0.25, 0.3) is 10.9 Å². The van der Waals surface area contributed by atoms with Gasteiger partial charge in [-0.2, -0.15) is 8.42 Å². The summed E-state index contributed by atoms with van der Waals surface area (Å²) in [5, 5.41) is 3.52. The molecule has 1 aliphatic heterocycles. The lowest BCUT2D eigenvalue weighted by atomic mass is 9.96. The van der Waals surface area contributed by atoms with Gasteiger partial charge in [-0.15, -0.1) is 0 Å². The van der Waals surface area contributed by atoms with E-state index in [4.69, 9.17) is 15.8 Å². The third-order valence-corrected chi connectivity index (χ3v) is 8.32. The molecular formula is C25H28ClN3O7S2. The third kappa shape index (κ3) is 6.55. The molecule has 4 rings (SSSR count). The predicted octanol–water partition coefficient (Wildman–Crippen LogP) is 2.79. The molecule has 204 valence electrons. The molecule has 38 heavy (non-hydrogen) atoms. The molecule has 0 saturated carbocycles. The number of aromatic nitrogens is 1. The number of carbonyl (C=O) groups is 2. The van der Waals surface area contributed by atoms with Crippen LogP contribution in [-0.4, -0.2) is 69.7 Å². The maximum atomic E-state index is 13.6. The minimum absolute atomic E-state index is 0.00294. The zero-order valence-electron chi connectivity index (χ0n) is 20.8. The van der Waals surface area contributed by atoms with Crippen LogP contribution >= 0.6 is 11.6 Å². The molecule has 1 aromatic heterocycles. The maximum absolute atomic E-state index is 13.6. The highest BCUT2D eigenvalue weighted by Crippen LogP contribution is 2.28. The van der Waals surface area contributed by atoms with E-state index in [-0.39, 0.29) is 34.5 Å². The molecular weight excluding hydrogens is 554 g/mol. The Bertz CT molecular complexity index is 1560. The highest BCUT2D eigenvalue weighted by Gasteiger charge is 2.31. The average molecular weight is 582 g/mol. The van der Waals surface area contributed by atoms with E-state index in [1.54, 1.807) is 41.3 Å². The molecule has 1 atom stereocenters. The van der Waals surface area contributed by atoms with Crippen LogP contribution in [0.15, 0.2) is 54.7 Å². The number of hydrogen-bond acceptors (Lipinski definition) is 7. The summed E-state index contributed by atoms with van der Waals surface area (Å²) < 4.78 is 52.9. The van der Waals surface area contributed by atoms with E-state index in [9.17, 15) is 26.4 Å². The van der Waals surface area contributed by atoms with Gasteiger partial charge in [0, 0.05) is 30.2 Å². The molecule has 2 heterocycles. The Morgan fingerprint density at radius 3 is 2.32 bits per heavy atom. The quantitative estimate of drug-likeness (QED) is 0.405. The highest BCUT2D eigenvalue weighted by atomic mass is 35.5. The molecule has 10 nitrogen and oxygen atoms in total. The summed E-state index contributed by atoms with van der Waals surface area (Å²) in [5.41, 5.74) is 1.02. The second-order valence-corrected chi connectivity index (χ2v) is 13.3. The summed E-state index contributed by atoms with van der Waals surface area (Å²) in [5.74, 6) is -0.846. The molecule has 1 fully saturated rings. The summed E-state index contributed by atoms with van der Waals surface area (Å²) >= 11 is 6.19. The molecule has 0 unspecified atom stereocenters. The van der Waals surface area contributed by atoms with Crippen LogP contribution in [0.4, 0.5) is 0 Å². The maximum Gasteiger partial charge on any atom is 0.264 e. The van der Waals surface area contributed by atoms with Crippen LogP contribution in [0, 0.1) is 5.92 Å². The molecule has 3 aromatic rings. The molecule has 13 heteroatoms. The molecule has 1 saturated heterocycles. The zero-order valence-corrected chi connectivity index (χ0v) is 23.2.